The highest BCUT2D eigenvalue weighted by Gasteiger charge is 2.42. The van der Waals surface area contributed by atoms with Crippen LogP contribution in [0.4, 0.5) is 10.8 Å². The van der Waals surface area contributed by atoms with Crippen molar-refractivity contribution in [2.45, 2.75) is 33.6 Å². The predicted octanol–water partition coefficient (Wildman–Crippen LogP) is 5.54. The van der Waals surface area contributed by atoms with Gasteiger partial charge in [-0.05, 0) is 63.6 Å². The maximum absolute atomic E-state index is 13.0. The van der Waals surface area contributed by atoms with E-state index in [0.717, 1.165) is 5.56 Å². The van der Waals surface area contributed by atoms with E-state index >= 15 is 0 Å². The van der Waals surface area contributed by atoms with Crippen LogP contribution in [-0.2, 0) is 19.1 Å². The number of hydrogen-bond donors (Lipinski definition) is 3. The number of rotatable bonds is 8. The third kappa shape index (κ3) is 5.55. The minimum Gasteiger partial charge on any atom is -0.504 e. The van der Waals surface area contributed by atoms with E-state index in [1.165, 1.54) is 23.5 Å². The smallest absolute Gasteiger partial charge is 0.336 e. The van der Waals surface area contributed by atoms with Crippen molar-refractivity contribution < 1.29 is 29.3 Å². The maximum atomic E-state index is 13.0. The van der Waals surface area contributed by atoms with Crippen LogP contribution >= 0.6 is 11.3 Å². The lowest BCUT2D eigenvalue weighted by Crippen LogP contribution is -2.36. The van der Waals surface area contributed by atoms with Gasteiger partial charge in [0.25, 0.3) is 0 Å². The Morgan fingerprint density at radius 2 is 1.79 bits per heavy atom. The van der Waals surface area contributed by atoms with Gasteiger partial charge in [0.2, 0.25) is 0 Å². The summed E-state index contributed by atoms with van der Waals surface area (Å²) in [5.74, 6) is -2.80. The van der Waals surface area contributed by atoms with E-state index < -0.39 is 23.8 Å². The second kappa shape index (κ2) is 11.5. The zero-order valence-corrected chi connectivity index (χ0v) is 22.3. The fourth-order valence-electron chi connectivity index (χ4n) is 4.49. The highest BCUT2D eigenvalue weighted by Crippen LogP contribution is 2.41. The molecule has 2 aromatic carbocycles. The first-order valence-corrected chi connectivity index (χ1v) is 13.1. The molecule has 0 saturated carbocycles. The van der Waals surface area contributed by atoms with E-state index in [9.17, 15) is 19.8 Å². The molecule has 10 heteroatoms. The molecule has 198 valence electrons. The van der Waals surface area contributed by atoms with E-state index in [4.69, 9.17) is 9.47 Å². The van der Waals surface area contributed by atoms with Gasteiger partial charge in [-0.3, -0.25) is 9.79 Å². The first-order valence-electron chi connectivity index (χ1n) is 12.2. The van der Waals surface area contributed by atoms with Gasteiger partial charge in [-0.15, -0.1) is 11.3 Å². The number of aromatic nitrogens is 1. The zero-order valence-electron chi connectivity index (χ0n) is 21.5. The number of carbonyl (C=O) groups is 2. The summed E-state index contributed by atoms with van der Waals surface area (Å²) >= 11 is 1.37. The van der Waals surface area contributed by atoms with Gasteiger partial charge >= 0.3 is 11.9 Å². The molecule has 0 aliphatic carbocycles. The zero-order chi connectivity index (χ0) is 27.4. The predicted molar refractivity (Wildman–Crippen MR) is 146 cm³/mol. The average molecular weight is 536 g/mol. The number of benzene rings is 2. The Bertz CT molecular complexity index is 1430. The van der Waals surface area contributed by atoms with Crippen LogP contribution < -0.4 is 5.32 Å². The van der Waals surface area contributed by atoms with Crippen LogP contribution in [0, 0.1) is 5.92 Å². The quantitative estimate of drug-likeness (QED) is 0.253. The van der Waals surface area contributed by atoms with E-state index in [1.807, 2.05) is 29.6 Å². The maximum Gasteiger partial charge on any atom is 0.336 e. The van der Waals surface area contributed by atoms with Crippen LogP contribution in [-0.4, -0.2) is 46.1 Å². The van der Waals surface area contributed by atoms with Crippen molar-refractivity contribution in [3.05, 3.63) is 64.7 Å². The number of phenols is 2. The SMILES string of the molecule is CCOC(=O)C1=C(C)N=C(C)C(C(=O)OCC)C1c1cccc(Nc2nc(-c3ccc(O)c(O)c3)cs2)c1. The molecule has 2 heterocycles. The van der Waals surface area contributed by atoms with E-state index in [2.05, 4.69) is 15.3 Å². The molecule has 0 saturated heterocycles. The Hall–Kier alpha value is -4.18. The lowest BCUT2D eigenvalue weighted by atomic mass is 9.75. The summed E-state index contributed by atoms with van der Waals surface area (Å²) in [6.07, 6.45) is 0. The van der Waals surface area contributed by atoms with Gasteiger partial charge in [-0.2, -0.15) is 0 Å². The standard InChI is InChI=1S/C28H29N3O6S/c1-5-36-26(34)23-15(3)29-16(4)24(27(35)37-6-2)25(23)18-8-7-9-19(12-18)30-28-31-20(14-38-28)17-10-11-21(32)22(33)13-17/h7-14,23,25,32-33H,5-6H2,1-4H3,(H,30,31). The molecule has 0 spiro atoms. The third-order valence-corrected chi connectivity index (χ3v) is 6.89. The Morgan fingerprint density at radius 1 is 1.03 bits per heavy atom. The molecule has 0 amide bonds. The van der Waals surface area contributed by atoms with Gasteiger partial charge < -0.3 is 25.0 Å². The van der Waals surface area contributed by atoms with Crippen LogP contribution in [0.1, 0.15) is 39.2 Å². The molecule has 38 heavy (non-hydrogen) atoms. The molecule has 0 bridgehead atoms. The number of aromatic hydroxyl groups is 2. The molecule has 4 rings (SSSR count). The first kappa shape index (κ1) is 26.9. The summed E-state index contributed by atoms with van der Waals surface area (Å²) in [7, 11) is 0. The van der Waals surface area contributed by atoms with Gasteiger partial charge in [-0.25, -0.2) is 9.78 Å². The highest BCUT2D eigenvalue weighted by atomic mass is 32.1. The van der Waals surface area contributed by atoms with Gasteiger partial charge in [0.05, 0.1) is 24.5 Å². The second-order valence-corrected chi connectivity index (χ2v) is 9.53. The molecule has 3 aromatic rings. The van der Waals surface area contributed by atoms with Crippen molar-refractivity contribution >= 4 is 39.8 Å². The third-order valence-electron chi connectivity index (χ3n) is 6.14. The molecular formula is C28H29N3O6S. The van der Waals surface area contributed by atoms with Crippen molar-refractivity contribution in [2.75, 3.05) is 18.5 Å². The Labute approximate surface area is 224 Å². The van der Waals surface area contributed by atoms with Crippen LogP contribution in [0.2, 0.25) is 0 Å². The number of nitrogens with zero attached hydrogens (tertiary/aromatic N) is 2. The van der Waals surface area contributed by atoms with Crippen molar-refractivity contribution in [1.29, 1.82) is 0 Å². The first-order chi connectivity index (χ1) is 18.2. The minimum atomic E-state index is -0.776. The van der Waals surface area contributed by atoms with Crippen LogP contribution in [0.25, 0.3) is 11.3 Å². The fourth-order valence-corrected chi connectivity index (χ4v) is 5.23. The van der Waals surface area contributed by atoms with E-state index in [1.54, 1.807) is 33.8 Å². The van der Waals surface area contributed by atoms with Crippen molar-refractivity contribution in [2.24, 2.45) is 10.9 Å². The van der Waals surface area contributed by atoms with E-state index in [-0.39, 0.29) is 24.7 Å². The Balaban J connectivity index is 1.69. The number of anilines is 2. The van der Waals surface area contributed by atoms with Crippen LogP contribution in [0.15, 0.2) is 64.1 Å². The fraction of sp³-hybridized carbons (Fsp3) is 0.286. The summed E-state index contributed by atoms with van der Waals surface area (Å²) in [6, 6.07) is 12.0. The number of phenolic OH excluding ortho intramolecular Hbond substituents is 2. The molecular weight excluding hydrogens is 506 g/mol. The number of carbonyl (C=O) groups excluding carboxylic acids is 2. The number of thiazole rings is 1. The molecule has 1 aromatic heterocycles. The van der Waals surface area contributed by atoms with Gasteiger partial charge in [-0.1, -0.05) is 12.1 Å². The van der Waals surface area contributed by atoms with Crippen molar-refractivity contribution in [3.8, 4) is 22.8 Å². The average Bonchev–Trinajstić information content (AvgIpc) is 3.34. The summed E-state index contributed by atoms with van der Waals surface area (Å²) in [5, 5.41) is 25.1. The summed E-state index contributed by atoms with van der Waals surface area (Å²) < 4.78 is 10.7. The minimum absolute atomic E-state index is 0.196. The monoisotopic (exact) mass is 535 g/mol. The molecule has 0 radical (unpaired) electrons. The lowest BCUT2D eigenvalue weighted by molar-refractivity contribution is -0.146. The number of allylic oxidation sites excluding steroid dienone is 1. The highest BCUT2D eigenvalue weighted by molar-refractivity contribution is 7.14. The van der Waals surface area contributed by atoms with Gasteiger partial charge in [0.15, 0.2) is 16.6 Å². The van der Waals surface area contributed by atoms with Crippen molar-refractivity contribution in [1.82, 2.24) is 4.98 Å². The summed E-state index contributed by atoms with van der Waals surface area (Å²) in [5.41, 5.74) is 4.13. The Kier molecular flexibility index (Phi) is 8.11. The Morgan fingerprint density at radius 3 is 2.50 bits per heavy atom. The number of hydrogen-bond acceptors (Lipinski definition) is 10. The molecule has 1 aliphatic rings. The molecule has 0 fully saturated rings. The number of ether oxygens (including phenoxy) is 2. The second-order valence-electron chi connectivity index (χ2n) is 8.67. The number of nitrogens with one attached hydrogen (secondary N) is 1. The summed E-state index contributed by atoms with van der Waals surface area (Å²) in [4.78, 5) is 35.2. The lowest BCUT2D eigenvalue weighted by Gasteiger charge is -2.31. The molecule has 1 aliphatic heterocycles. The largest absolute Gasteiger partial charge is 0.504 e. The van der Waals surface area contributed by atoms with Crippen LogP contribution in [0.5, 0.6) is 11.5 Å². The van der Waals surface area contributed by atoms with E-state index in [0.29, 0.717) is 39.1 Å². The molecule has 9 nitrogen and oxygen atoms in total. The van der Waals surface area contributed by atoms with Crippen LogP contribution in [0.3, 0.4) is 0 Å². The topological polar surface area (TPSA) is 130 Å². The molecule has 2 atom stereocenters. The normalized spacial score (nSPS) is 17.1. The van der Waals surface area contributed by atoms with Gasteiger partial charge in [0.1, 0.15) is 5.92 Å². The van der Waals surface area contributed by atoms with Gasteiger partial charge in [0, 0.05) is 34.0 Å². The molecule has 2 unspecified atom stereocenters. The summed E-state index contributed by atoms with van der Waals surface area (Å²) in [6.45, 7) is 7.38. The molecule has 3 N–H and O–H groups in total. The number of aliphatic imine (C=N–C) groups is 1. The van der Waals surface area contributed by atoms with Crippen molar-refractivity contribution in [3.63, 3.8) is 0 Å². The number of esters is 2.